The minimum atomic E-state index is 0.00595. The van der Waals surface area contributed by atoms with Crippen LogP contribution in [0.1, 0.15) is 35.2 Å². The largest absolute Gasteiger partial charge is 0.496 e. The normalized spacial score (nSPS) is 10.3. The number of halogens is 1. The number of ether oxygens (including phenoxy) is 1. The van der Waals surface area contributed by atoms with E-state index in [0.717, 1.165) is 31.4 Å². The molecule has 1 amide bonds. The summed E-state index contributed by atoms with van der Waals surface area (Å²) in [6, 6.07) is 5.65. The highest BCUT2D eigenvalue weighted by atomic mass is 35.5. The molecule has 3 nitrogen and oxygen atoms in total. The third-order valence-corrected chi connectivity index (χ3v) is 3.33. The number of hydrogen-bond donors (Lipinski definition) is 0. The van der Waals surface area contributed by atoms with E-state index in [1.165, 1.54) is 0 Å². The van der Waals surface area contributed by atoms with Gasteiger partial charge in [0.1, 0.15) is 5.75 Å². The van der Waals surface area contributed by atoms with Crippen LogP contribution in [-0.2, 0) is 0 Å². The van der Waals surface area contributed by atoms with E-state index in [0.29, 0.717) is 17.2 Å². The molecule has 1 aromatic carbocycles. The van der Waals surface area contributed by atoms with Gasteiger partial charge in [-0.25, -0.2) is 0 Å². The average molecular weight is 284 g/mol. The Bertz CT molecular complexity index is 421. The van der Waals surface area contributed by atoms with E-state index in [1.54, 1.807) is 12.0 Å². The van der Waals surface area contributed by atoms with Gasteiger partial charge in [-0.1, -0.05) is 18.1 Å². The van der Waals surface area contributed by atoms with Crippen LogP contribution < -0.4 is 4.74 Å². The van der Waals surface area contributed by atoms with Gasteiger partial charge in [-0.3, -0.25) is 4.79 Å². The van der Waals surface area contributed by atoms with Gasteiger partial charge >= 0.3 is 0 Å². The van der Waals surface area contributed by atoms with Crippen LogP contribution in [0.25, 0.3) is 0 Å². The lowest BCUT2D eigenvalue weighted by atomic mass is 10.1. The van der Waals surface area contributed by atoms with Gasteiger partial charge in [-0.2, -0.15) is 0 Å². The number of amides is 1. The van der Waals surface area contributed by atoms with Crippen molar-refractivity contribution in [3.63, 3.8) is 0 Å². The number of rotatable bonds is 7. The van der Waals surface area contributed by atoms with Gasteiger partial charge in [0.15, 0.2) is 0 Å². The lowest BCUT2D eigenvalue weighted by Crippen LogP contribution is -2.28. The van der Waals surface area contributed by atoms with Crippen molar-refractivity contribution in [2.75, 3.05) is 26.6 Å². The zero-order valence-corrected chi connectivity index (χ0v) is 12.7. The summed E-state index contributed by atoms with van der Waals surface area (Å²) in [6.45, 7) is 2.71. The lowest BCUT2D eigenvalue weighted by molar-refractivity contribution is 0.0789. The number of aryl methyl sites for hydroxylation is 1. The summed E-state index contributed by atoms with van der Waals surface area (Å²) in [5.41, 5.74) is 1.68. The average Bonchev–Trinajstić information content (AvgIpc) is 2.42. The molecule has 0 saturated heterocycles. The number of alkyl halides is 1. The van der Waals surface area contributed by atoms with Crippen molar-refractivity contribution in [1.29, 1.82) is 0 Å². The number of methoxy groups -OCH3 is 1. The molecule has 1 aromatic rings. The molecule has 0 saturated carbocycles. The molecular weight excluding hydrogens is 262 g/mol. The van der Waals surface area contributed by atoms with Crippen molar-refractivity contribution in [1.82, 2.24) is 4.90 Å². The Kier molecular flexibility index (Phi) is 6.71. The number of benzene rings is 1. The SMILES string of the molecule is COc1ccc(C)cc1C(=O)N(C)CCCCCCl. The molecule has 0 aliphatic carbocycles. The van der Waals surface area contributed by atoms with E-state index in [1.807, 2.05) is 32.2 Å². The van der Waals surface area contributed by atoms with Crippen molar-refractivity contribution in [2.24, 2.45) is 0 Å². The van der Waals surface area contributed by atoms with Crippen molar-refractivity contribution in [2.45, 2.75) is 26.2 Å². The highest BCUT2D eigenvalue weighted by molar-refractivity contribution is 6.17. The molecule has 106 valence electrons. The Morgan fingerprint density at radius 3 is 2.68 bits per heavy atom. The number of nitrogens with zero attached hydrogens (tertiary/aromatic N) is 1. The summed E-state index contributed by atoms with van der Waals surface area (Å²) in [5, 5.41) is 0. The van der Waals surface area contributed by atoms with Gasteiger partial charge in [0.2, 0.25) is 0 Å². The van der Waals surface area contributed by atoms with E-state index >= 15 is 0 Å². The second kappa shape index (κ2) is 8.05. The summed E-state index contributed by atoms with van der Waals surface area (Å²) >= 11 is 5.64. The number of carbonyl (C=O) groups excluding carboxylic acids is 1. The van der Waals surface area contributed by atoms with Crippen molar-refractivity contribution < 1.29 is 9.53 Å². The minimum absolute atomic E-state index is 0.00595. The first-order valence-electron chi connectivity index (χ1n) is 6.56. The first kappa shape index (κ1) is 15.8. The molecule has 0 aromatic heterocycles. The first-order valence-corrected chi connectivity index (χ1v) is 7.09. The van der Waals surface area contributed by atoms with E-state index in [4.69, 9.17) is 16.3 Å². The third-order valence-electron chi connectivity index (χ3n) is 3.06. The number of unbranched alkanes of at least 4 members (excludes halogenated alkanes) is 2. The fourth-order valence-corrected chi connectivity index (χ4v) is 2.11. The maximum atomic E-state index is 12.4. The number of carbonyl (C=O) groups is 1. The molecule has 0 N–H and O–H groups in total. The van der Waals surface area contributed by atoms with Crippen molar-refractivity contribution in [3.05, 3.63) is 29.3 Å². The molecule has 0 radical (unpaired) electrons. The number of hydrogen-bond acceptors (Lipinski definition) is 2. The molecule has 0 unspecified atom stereocenters. The molecule has 0 bridgehead atoms. The predicted octanol–water partition coefficient (Wildman–Crippen LogP) is 3.48. The second-order valence-electron chi connectivity index (χ2n) is 4.68. The Labute approximate surface area is 120 Å². The van der Waals surface area contributed by atoms with Gasteiger partial charge in [0.25, 0.3) is 5.91 Å². The van der Waals surface area contributed by atoms with Gasteiger partial charge in [-0.15, -0.1) is 11.6 Å². The van der Waals surface area contributed by atoms with Crippen LogP contribution in [0.2, 0.25) is 0 Å². The van der Waals surface area contributed by atoms with E-state index in [-0.39, 0.29) is 5.91 Å². The van der Waals surface area contributed by atoms with Crippen LogP contribution >= 0.6 is 11.6 Å². The summed E-state index contributed by atoms with van der Waals surface area (Å²) in [7, 11) is 3.41. The highest BCUT2D eigenvalue weighted by Gasteiger charge is 2.16. The van der Waals surface area contributed by atoms with Crippen LogP contribution in [0.3, 0.4) is 0 Å². The Morgan fingerprint density at radius 1 is 1.32 bits per heavy atom. The molecule has 4 heteroatoms. The fraction of sp³-hybridized carbons (Fsp3) is 0.533. The van der Waals surface area contributed by atoms with Gasteiger partial charge < -0.3 is 9.64 Å². The quantitative estimate of drug-likeness (QED) is 0.566. The summed E-state index contributed by atoms with van der Waals surface area (Å²) in [5.74, 6) is 1.32. The predicted molar refractivity (Wildman–Crippen MR) is 79.3 cm³/mol. The molecule has 0 spiro atoms. The Hall–Kier alpha value is -1.22. The monoisotopic (exact) mass is 283 g/mol. The standard InChI is InChI=1S/C15H22ClNO2/c1-12-7-8-14(19-3)13(11-12)15(18)17(2)10-6-4-5-9-16/h7-8,11H,4-6,9-10H2,1-3H3. The van der Waals surface area contributed by atoms with E-state index < -0.39 is 0 Å². The molecule has 19 heavy (non-hydrogen) atoms. The smallest absolute Gasteiger partial charge is 0.257 e. The van der Waals surface area contributed by atoms with Gasteiger partial charge in [0, 0.05) is 19.5 Å². The van der Waals surface area contributed by atoms with E-state index in [9.17, 15) is 4.79 Å². The highest BCUT2D eigenvalue weighted by Crippen LogP contribution is 2.21. The molecular formula is C15H22ClNO2. The minimum Gasteiger partial charge on any atom is -0.496 e. The van der Waals surface area contributed by atoms with Gasteiger partial charge in [-0.05, 0) is 31.9 Å². The summed E-state index contributed by atoms with van der Waals surface area (Å²) < 4.78 is 5.25. The Balaban J connectivity index is 2.68. The fourth-order valence-electron chi connectivity index (χ4n) is 1.92. The zero-order valence-electron chi connectivity index (χ0n) is 11.9. The summed E-state index contributed by atoms with van der Waals surface area (Å²) in [4.78, 5) is 14.1. The van der Waals surface area contributed by atoms with Crippen LogP contribution in [-0.4, -0.2) is 37.4 Å². The maximum absolute atomic E-state index is 12.4. The summed E-state index contributed by atoms with van der Waals surface area (Å²) in [6.07, 6.45) is 3.02. The van der Waals surface area contributed by atoms with Crippen LogP contribution in [0.5, 0.6) is 5.75 Å². The van der Waals surface area contributed by atoms with Crippen molar-refractivity contribution >= 4 is 17.5 Å². The molecule has 0 aliphatic rings. The van der Waals surface area contributed by atoms with Crippen LogP contribution in [0, 0.1) is 6.92 Å². The molecule has 0 heterocycles. The Morgan fingerprint density at radius 2 is 2.05 bits per heavy atom. The zero-order chi connectivity index (χ0) is 14.3. The second-order valence-corrected chi connectivity index (χ2v) is 5.06. The topological polar surface area (TPSA) is 29.5 Å². The molecule has 0 atom stereocenters. The molecule has 0 aliphatic heterocycles. The van der Waals surface area contributed by atoms with Crippen LogP contribution in [0.15, 0.2) is 18.2 Å². The van der Waals surface area contributed by atoms with Crippen LogP contribution in [0.4, 0.5) is 0 Å². The molecule has 0 fully saturated rings. The third kappa shape index (κ3) is 4.75. The lowest BCUT2D eigenvalue weighted by Gasteiger charge is -2.19. The van der Waals surface area contributed by atoms with E-state index in [2.05, 4.69) is 0 Å². The van der Waals surface area contributed by atoms with Crippen molar-refractivity contribution in [3.8, 4) is 5.75 Å². The maximum Gasteiger partial charge on any atom is 0.257 e. The first-order chi connectivity index (χ1) is 9.10. The van der Waals surface area contributed by atoms with Gasteiger partial charge in [0.05, 0.1) is 12.7 Å². The molecule has 1 rings (SSSR count).